The Kier molecular flexibility index (Phi) is 5.03. The number of rotatable bonds is 5. The molecule has 0 saturated heterocycles. The van der Waals surface area contributed by atoms with Crippen LogP contribution in [0.25, 0.3) is 10.9 Å². The number of fused-ring (bicyclic) bond motifs is 3. The summed E-state index contributed by atoms with van der Waals surface area (Å²) < 4.78 is 44.7. The van der Waals surface area contributed by atoms with Crippen molar-refractivity contribution < 1.29 is 22.7 Å². The molecule has 0 unspecified atom stereocenters. The van der Waals surface area contributed by atoms with Gasteiger partial charge in [0.15, 0.2) is 0 Å². The highest BCUT2D eigenvalue weighted by Gasteiger charge is 2.51. The molecular formula is C26H25F3N4O2. The Morgan fingerprint density at radius 3 is 2.71 bits per heavy atom. The zero-order chi connectivity index (χ0) is 24.5. The molecule has 3 heterocycles. The van der Waals surface area contributed by atoms with Gasteiger partial charge in [0.25, 0.3) is 5.91 Å². The van der Waals surface area contributed by atoms with E-state index in [0.717, 1.165) is 35.2 Å². The second kappa shape index (κ2) is 7.91. The molecule has 0 radical (unpaired) electrons. The third-order valence-electron chi connectivity index (χ3n) is 7.47. The van der Waals surface area contributed by atoms with Crippen molar-refractivity contribution in [2.45, 2.75) is 57.7 Å². The second-order valence-corrected chi connectivity index (χ2v) is 9.85. The molecule has 9 heteroatoms. The third kappa shape index (κ3) is 4.01. The van der Waals surface area contributed by atoms with Crippen LogP contribution in [0, 0.1) is 11.8 Å². The largest absolute Gasteiger partial charge is 0.417 e. The predicted molar refractivity (Wildman–Crippen MR) is 123 cm³/mol. The zero-order valence-electron chi connectivity index (χ0n) is 19.2. The molecule has 1 aliphatic heterocycles. The molecule has 6 nitrogen and oxygen atoms in total. The molecule has 6 rings (SSSR count). The first-order valence-electron chi connectivity index (χ1n) is 11.9. The van der Waals surface area contributed by atoms with Gasteiger partial charge in [0.1, 0.15) is 5.82 Å². The maximum atomic E-state index is 13.8. The number of aromatic nitrogens is 2. The van der Waals surface area contributed by atoms with E-state index in [-0.39, 0.29) is 24.6 Å². The molecular weight excluding hydrogens is 457 g/mol. The maximum Gasteiger partial charge on any atom is 0.417 e. The Bertz CT molecular complexity index is 1320. The third-order valence-corrected chi connectivity index (χ3v) is 7.47. The fourth-order valence-corrected chi connectivity index (χ4v) is 5.35. The minimum absolute atomic E-state index is 0.0772. The number of benzene rings is 1. The van der Waals surface area contributed by atoms with Gasteiger partial charge in [-0.3, -0.25) is 9.78 Å². The summed E-state index contributed by atoms with van der Waals surface area (Å²) in [5, 5.41) is 0.839. The molecule has 2 N–H and O–H groups in total. The fourth-order valence-electron chi connectivity index (χ4n) is 5.35. The molecule has 1 amide bonds. The van der Waals surface area contributed by atoms with Crippen LogP contribution in [0.5, 0.6) is 0 Å². The van der Waals surface area contributed by atoms with Crippen LogP contribution in [0.3, 0.4) is 0 Å². The number of nitrogens with two attached hydrogens (primary N) is 1. The van der Waals surface area contributed by atoms with Crippen LogP contribution in [-0.4, -0.2) is 26.8 Å². The van der Waals surface area contributed by atoms with Crippen molar-refractivity contribution in [1.29, 1.82) is 0 Å². The number of hydrogen-bond donors (Lipinski definition) is 1. The molecule has 35 heavy (non-hydrogen) atoms. The smallest absolute Gasteiger partial charge is 0.383 e. The first-order chi connectivity index (χ1) is 16.7. The quantitative estimate of drug-likeness (QED) is 0.536. The lowest BCUT2D eigenvalue weighted by Gasteiger charge is -2.24. The van der Waals surface area contributed by atoms with Gasteiger partial charge in [-0.1, -0.05) is 0 Å². The van der Waals surface area contributed by atoms with E-state index in [1.54, 1.807) is 17.0 Å². The van der Waals surface area contributed by atoms with Crippen LogP contribution in [0.1, 0.15) is 65.0 Å². The number of carbonyl (C=O) groups is 1. The monoisotopic (exact) mass is 482 g/mol. The summed E-state index contributed by atoms with van der Waals surface area (Å²) in [6, 6.07) is 7.83. The molecule has 0 spiro atoms. The number of pyridine rings is 2. The zero-order valence-corrected chi connectivity index (χ0v) is 19.2. The first kappa shape index (κ1) is 22.3. The molecule has 2 aromatic heterocycles. The van der Waals surface area contributed by atoms with Crippen molar-refractivity contribution in [3.63, 3.8) is 0 Å². The Morgan fingerprint density at radius 2 is 2.03 bits per heavy atom. The number of halogens is 3. The Balaban J connectivity index is 1.33. The number of ether oxygens (including phenoxy) is 1. The average molecular weight is 483 g/mol. The molecule has 1 aromatic carbocycles. The van der Waals surface area contributed by atoms with Crippen molar-refractivity contribution in [3.8, 4) is 0 Å². The van der Waals surface area contributed by atoms with Gasteiger partial charge >= 0.3 is 6.18 Å². The van der Waals surface area contributed by atoms with E-state index in [1.165, 1.54) is 18.9 Å². The number of anilines is 1. The van der Waals surface area contributed by atoms with Gasteiger partial charge in [-0.2, -0.15) is 13.2 Å². The van der Waals surface area contributed by atoms with Crippen molar-refractivity contribution in [3.05, 3.63) is 64.5 Å². The molecule has 2 saturated carbocycles. The van der Waals surface area contributed by atoms with Gasteiger partial charge in [-0.25, -0.2) is 4.98 Å². The fraction of sp³-hybridized carbons (Fsp3) is 0.423. The van der Waals surface area contributed by atoms with Gasteiger partial charge in [0, 0.05) is 28.8 Å². The van der Waals surface area contributed by atoms with E-state index in [2.05, 4.69) is 9.97 Å². The molecule has 0 bridgehead atoms. The summed E-state index contributed by atoms with van der Waals surface area (Å²) in [4.78, 5) is 24.1. The van der Waals surface area contributed by atoms with Gasteiger partial charge in [0.2, 0.25) is 0 Å². The van der Waals surface area contributed by atoms with Gasteiger partial charge in [-0.15, -0.1) is 0 Å². The van der Waals surface area contributed by atoms with Crippen molar-refractivity contribution in [2.24, 2.45) is 11.8 Å². The van der Waals surface area contributed by atoms with Gasteiger partial charge in [-0.05, 0) is 73.9 Å². The second-order valence-electron chi connectivity index (χ2n) is 9.85. The number of nitrogen functional groups attached to an aromatic ring is 1. The summed E-state index contributed by atoms with van der Waals surface area (Å²) in [6.07, 6.45) is -0.499. The number of amides is 1. The summed E-state index contributed by atoms with van der Waals surface area (Å²) in [5.41, 5.74) is 8.82. The number of nitrogens with zero attached hydrogens (tertiary/aromatic N) is 3. The maximum absolute atomic E-state index is 13.8. The van der Waals surface area contributed by atoms with Crippen LogP contribution in [0.2, 0.25) is 0 Å². The summed E-state index contributed by atoms with van der Waals surface area (Å²) in [6.45, 7) is 2.50. The van der Waals surface area contributed by atoms with Crippen LogP contribution in [0.4, 0.5) is 19.0 Å². The standard InChI is InChI=1S/C26H25F3N4O2/c1-13-23-20(12-35-13)19-8-15(4-7-21(19)32-24(23)30)25(34)33(22-9-18(22)14-2-3-14)11-17-6-5-16(10-31-17)26(27,28)29/h4-8,10,13-14,18,22H,2-3,9,11-12H2,1H3,(H2,30,32)/t13-,18-,22+/m1/s1. The molecule has 2 fully saturated rings. The van der Waals surface area contributed by atoms with Crippen molar-refractivity contribution >= 4 is 22.6 Å². The topological polar surface area (TPSA) is 81.3 Å². The lowest BCUT2D eigenvalue weighted by atomic mass is 10.00. The Labute approximate surface area is 200 Å². The Morgan fingerprint density at radius 1 is 1.23 bits per heavy atom. The lowest BCUT2D eigenvalue weighted by Crippen LogP contribution is -2.34. The SMILES string of the molecule is C[C@H]1OCc2c1c(N)nc1ccc(C(=O)N(Cc3ccc(C(F)(F)F)cn3)[C@H]3C[C@@H]3C3CC3)cc21. The molecule has 3 aromatic rings. The van der Waals surface area contributed by atoms with E-state index in [4.69, 9.17) is 10.5 Å². The highest BCUT2D eigenvalue weighted by Crippen LogP contribution is 2.52. The number of carbonyl (C=O) groups excluding carboxylic acids is 1. The van der Waals surface area contributed by atoms with Crippen LogP contribution in [0.15, 0.2) is 36.5 Å². The van der Waals surface area contributed by atoms with Crippen LogP contribution in [-0.2, 0) is 24.1 Å². The van der Waals surface area contributed by atoms with E-state index in [9.17, 15) is 18.0 Å². The Hall–Kier alpha value is -3.20. The van der Waals surface area contributed by atoms with E-state index in [1.807, 2.05) is 13.0 Å². The molecule has 3 aliphatic rings. The predicted octanol–water partition coefficient (Wildman–Crippen LogP) is 5.26. The summed E-state index contributed by atoms with van der Waals surface area (Å²) >= 11 is 0. The van der Waals surface area contributed by atoms with E-state index < -0.39 is 11.7 Å². The molecule has 182 valence electrons. The minimum Gasteiger partial charge on any atom is -0.383 e. The van der Waals surface area contributed by atoms with Crippen LogP contribution < -0.4 is 5.73 Å². The lowest BCUT2D eigenvalue weighted by molar-refractivity contribution is -0.137. The van der Waals surface area contributed by atoms with Crippen LogP contribution >= 0.6 is 0 Å². The van der Waals surface area contributed by atoms with Crippen molar-refractivity contribution in [2.75, 3.05) is 5.73 Å². The minimum atomic E-state index is -4.45. The van der Waals surface area contributed by atoms with Gasteiger partial charge < -0.3 is 15.4 Å². The average Bonchev–Trinajstić information content (AvgIpc) is 3.74. The van der Waals surface area contributed by atoms with E-state index >= 15 is 0 Å². The van der Waals surface area contributed by atoms with Gasteiger partial charge in [0.05, 0.1) is 36.0 Å². The molecule has 3 atom stereocenters. The number of alkyl halides is 3. The highest BCUT2D eigenvalue weighted by molar-refractivity contribution is 5.99. The normalized spacial score (nSPS) is 23.4. The highest BCUT2D eigenvalue weighted by atomic mass is 19.4. The summed E-state index contributed by atoms with van der Waals surface area (Å²) in [7, 11) is 0. The molecule has 2 aliphatic carbocycles. The summed E-state index contributed by atoms with van der Waals surface area (Å²) in [5.74, 6) is 1.38. The van der Waals surface area contributed by atoms with E-state index in [0.29, 0.717) is 41.0 Å². The first-order valence-corrected chi connectivity index (χ1v) is 11.9. The number of hydrogen-bond acceptors (Lipinski definition) is 5. The van der Waals surface area contributed by atoms with Crippen molar-refractivity contribution in [1.82, 2.24) is 14.9 Å².